The number of hydrogen-bond acceptors (Lipinski definition) is 4. The molecule has 2 aromatic rings. The van der Waals surface area contributed by atoms with Crippen LogP contribution in [0.25, 0.3) is 0 Å². The van der Waals surface area contributed by atoms with Crippen molar-refractivity contribution in [1.29, 1.82) is 0 Å². The number of likely N-dealkylation sites (tertiary alicyclic amines) is 1. The highest BCUT2D eigenvalue weighted by Crippen LogP contribution is 2.15. The third kappa shape index (κ3) is 3.59. The van der Waals surface area contributed by atoms with Gasteiger partial charge < -0.3 is 14.7 Å². The van der Waals surface area contributed by atoms with Crippen LogP contribution in [-0.2, 0) is 0 Å². The maximum Gasteiger partial charge on any atom is 0.256 e. The van der Waals surface area contributed by atoms with Crippen LogP contribution in [0.1, 0.15) is 45.7 Å². The van der Waals surface area contributed by atoms with E-state index in [2.05, 4.69) is 10.5 Å². The van der Waals surface area contributed by atoms with Crippen LogP contribution in [0.4, 0.5) is 5.82 Å². The van der Waals surface area contributed by atoms with Crippen LogP contribution in [0.3, 0.4) is 0 Å². The molecule has 0 saturated carbocycles. The molecule has 6 nitrogen and oxygen atoms in total. The summed E-state index contributed by atoms with van der Waals surface area (Å²) in [4.78, 5) is 26.6. The summed E-state index contributed by atoms with van der Waals surface area (Å²) in [6.07, 6.45) is 3.25. The van der Waals surface area contributed by atoms with Gasteiger partial charge in [0.1, 0.15) is 5.76 Å². The van der Waals surface area contributed by atoms with Gasteiger partial charge in [-0.2, -0.15) is 0 Å². The van der Waals surface area contributed by atoms with Crippen LogP contribution in [0.5, 0.6) is 0 Å². The minimum Gasteiger partial charge on any atom is -0.360 e. The average Bonchev–Trinajstić information content (AvgIpc) is 3.00. The molecular weight excluding hydrogens is 294 g/mol. The second kappa shape index (κ2) is 6.64. The van der Waals surface area contributed by atoms with Crippen LogP contribution < -0.4 is 5.32 Å². The highest BCUT2D eigenvalue weighted by atomic mass is 16.5. The van der Waals surface area contributed by atoms with Crippen LogP contribution in [0.2, 0.25) is 0 Å². The number of aryl methyl sites for hydroxylation is 1. The van der Waals surface area contributed by atoms with Gasteiger partial charge in [-0.15, -0.1) is 0 Å². The number of carbonyl (C=O) groups is 2. The molecule has 1 saturated heterocycles. The van der Waals surface area contributed by atoms with E-state index in [9.17, 15) is 9.59 Å². The first-order valence-corrected chi connectivity index (χ1v) is 7.77. The molecule has 1 aliphatic rings. The Morgan fingerprint density at radius 1 is 1.13 bits per heavy atom. The molecule has 1 aromatic heterocycles. The molecule has 1 aromatic carbocycles. The van der Waals surface area contributed by atoms with Gasteiger partial charge in [0.25, 0.3) is 11.8 Å². The Balaban J connectivity index is 1.73. The fourth-order valence-corrected chi connectivity index (χ4v) is 2.69. The molecule has 0 atom stereocenters. The van der Waals surface area contributed by atoms with Crippen LogP contribution in [-0.4, -0.2) is 35.0 Å². The molecule has 1 N–H and O–H groups in total. The Bertz CT molecular complexity index is 717. The van der Waals surface area contributed by atoms with E-state index in [1.807, 2.05) is 4.90 Å². The summed E-state index contributed by atoms with van der Waals surface area (Å²) in [5.74, 6) is 0.651. The Labute approximate surface area is 134 Å². The zero-order valence-electron chi connectivity index (χ0n) is 13.0. The van der Waals surface area contributed by atoms with Crippen molar-refractivity contribution >= 4 is 17.6 Å². The molecule has 2 heterocycles. The molecule has 2 amide bonds. The van der Waals surface area contributed by atoms with Gasteiger partial charge in [0.2, 0.25) is 0 Å². The number of benzene rings is 1. The van der Waals surface area contributed by atoms with Gasteiger partial charge >= 0.3 is 0 Å². The van der Waals surface area contributed by atoms with Gasteiger partial charge in [-0.1, -0.05) is 11.2 Å². The zero-order chi connectivity index (χ0) is 16.2. The van der Waals surface area contributed by atoms with Gasteiger partial charge in [0, 0.05) is 30.3 Å². The molecule has 0 bridgehead atoms. The first-order chi connectivity index (χ1) is 11.1. The summed E-state index contributed by atoms with van der Waals surface area (Å²) in [5.41, 5.74) is 0.962. The molecule has 1 aliphatic heterocycles. The number of amides is 2. The van der Waals surface area contributed by atoms with Gasteiger partial charge in [-0.25, -0.2) is 0 Å². The molecule has 3 rings (SSSR count). The second-order valence-corrected chi connectivity index (χ2v) is 5.71. The number of rotatable bonds is 3. The highest BCUT2D eigenvalue weighted by molar-refractivity contribution is 6.05. The fraction of sp³-hybridized carbons (Fsp3) is 0.353. The molecule has 1 fully saturated rings. The molecular formula is C17H19N3O3. The van der Waals surface area contributed by atoms with Crippen LogP contribution in [0, 0.1) is 6.92 Å². The third-order valence-electron chi connectivity index (χ3n) is 3.88. The maximum atomic E-state index is 12.5. The Hall–Kier alpha value is -2.63. The number of nitrogens with one attached hydrogen (secondary N) is 1. The van der Waals surface area contributed by atoms with Crippen molar-refractivity contribution in [2.75, 3.05) is 18.4 Å². The lowest BCUT2D eigenvalue weighted by molar-refractivity contribution is 0.0724. The van der Waals surface area contributed by atoms with E-state index in [-0.39, 0.29) is 11.8 Å². The van der Waals surface area contributed by atoms with Crippen molar-refractivity contribution in [2.45, 2.75) is 26.2 Å². The molecule has 0 radical (unpaired) electrons. The van der Waals surface area contributed by atoms with Crippen molar-refractivity contribution in [1.82, 2.24) is 10.1 Å². The average molecular weight is 313 g/mol. The Kier molecular flexibility index (Phi) is 4.41. The topological polar surface area (TPSA) is 75.4 Å². The van der Waals surface area contributed by atoms with Crippen molar-refractivity contribution in [3.05, 3.63) is 47.2 Å². The molecule has 6 heteroatoms. The van der Waals surface area contributed by atoms with Crippen LogP contribution >= 0.6 is 0 Å². The first kappa shape index (κ1) is 15.3. The van der Waals surface area contributed by atoms with E-state index in [1.54, 1.807) is 37.3 Å². The normalized spacial score (nSPS) is 14.6. The lowest BCUT2D eigenvalue weighted by atomic mass is 10.1. The summed E-state index contributed by atoms with van der Waals surface area (Å²) in [7, 11) is 0. The SMILES string of the molecule is Cc1cc(NC(=O)c2cccc(C(=O)N3CCCCC3)c2)no1. The minimum absolute atomic E-state index is 0.0170. The van der Waals surface area contributed by atoms with E-state index in [0.29, 0.717) is 22.7 Å². The third-order valence-corrected chi connectivity index (χ3v) is 3.88. The van der Waals surface area contributed by atoms with Gasteiger partial charge in [0.15, 0.2) is 5.82 Å². The maximum absolute atomic E-state index is 12.5. The summed E-state index contributed by atoms with van der Waals surface area (Å²) in [6, 6.07) is 8.41. The van der Waals surface area contributed by atoms with E-state index in [0.717, 1.165) is 25.9 Å². The number of hydrogen-bond donors (Lipinski definition) is 1. The lowest BCUT2D eigenvalue weighted by Crippen LogP contribution is -2.35. The van der Waals surface area contributed by atoms with Gasteiger partial charge in [-0.05, 0) is 44.4 Å². The number of aromatic nitrogens is 1. The number of nitrogens with zero attached hydrogens (tertiary/aromatic N) is 2. The second-order valence-electron chi connectivity index (χ2n) is 5.71. The summed E-state index contributed by atoms with van der Waals surface area (Å²) in [5, 5.41) is 6.39. The molecule has 0 unspecified atom stereocenters. The zero-order valence-corrected chi connectivity index (χ0v) is 13.0. The monoisotopic (exact) mass is 313 g/mol. The van der Waals surface area contributed by atoms with E-state index < -0.39 is 0 Å². The van der Waals surface area contributed by atoms with Crippen molar-refractivity contribution in [3.63, 3.8) is 0 Å². The molecule has 0 spiro atoms. The van der Waals surface area contributed by atoms with Crippen LogP contribution in [0.15, 0.2) is 34.9 Å². The van der Waals surface area contributed by atoms with Gasteiger partial charge in [-0.3, -0.25) is 9.59 Å². The number of anilines is 1. The summed E-state index contributed by atoms with van der Waals surface area (Å²) in [6.45, 7) is 3.32. The standard InChI is InChI=1S/C17H19N3O3/c1-12-10-15(19-23-12)18-16(21)13-6-5-7-14(11-13)17(22)20-8-3-2-4-9-20/h5-7,10-11H,2-4,8-9H2,1H3,(H,18,19,21). The number of carbonyl (C=O) groups excluding carboxylic acids is 2. The molecule has 23 heavy (non-hydrogen) atoms. The predicted molar refractivity (Wildman–Crippen MR) is 85.4 cm³/mol. The molecule has 0 aliphatic carbocycles. The highest BCUT2D eigenvalue weighted by Gasteiger charge is 2.19. The largest absolute Gasteiger partial charge is 0.360 e. The van der Waals surface area contributed by atoms with Crippen molar-refractivity contribution in [3.8, 4) is 0 Å². The summed E-state index contributed by atoms with van der Waals surface area (Å²) >= 11 is 0. The van der Waals surface area contributed by atoms with E-state index in [4.69, 9.17) is 4.52 Å². The number of piperidine rings is 1. The van der Waals surface area contributed by atoms with E-state index in [1.165, 1.54) is 6.42 Å². The van der Waals surface area contributed by atoms with Crippen molar-refractivity contribution in [2.24, 2.45) is 0 Å². The molecule has 120 valence electrons. The smallest absolute Gasteiger partial charge is 0.256 e. The summed E-state index contributed by atoms with van der Waals surface area (Å²) < 4.78 is 4.92. The van der Waals surface area contributed by atoms with Crippen molar-refractivity contribution < 1.29 is 14.1 Å². The Morgan fingerprint density at radius 3 is 2.57 bits per heavy atom. The van der Waals surface area contributed by atoms with Gasteiger partial charge in [0.05, 0.1) is 0 Å². The fourth-order valence-electron chi connectivity index (χ4n) is 2.69. The quantitative estimate of drug-likeness (QED) is 0.945. The Morgan fingerprint density at radius 2 is 1.87 bits per heavy atom. The predicted octanol–water partition coefficient (Wildman–Crippen LogP) is 2.86. The lowest BCUT2D eigenvalue weighted by Gasteiger charge is -2.26. The minimum atomic E-state index is -0.313. The first-order valence-electron chi connectivity index (χ1n) is 7.77. The van der Waals surface area contributed by atoms with E-state index >= 15 is 0 Å².